The molecule has 104 valence electrons. The minimum atomic E-state index is -0.333. The Morgan fingerprint density at radius 3 is 3.11 bits per heavy atom. The molecule has 0 atom stereocenters. The smallest absolute Gasteiger partial charge is 0.238 e. The van der Waals surface area contributed by atoms with Crippen LogP contribution in [0.5, 0.6) is 0 Å². The van der Waals surface area contributed by atoms with Gasteiger partial charge in [0.25, 0.3) is 0 Å². The quantitative estimate of drug-likeness (QED) is 0.867. The Morgan fingerprint density at radius 2 is 2.26 bits per heavy atom. The first-order valence-corrected chi connectivity index (χ1v) is 6.64. The lowest BCUT2D eigenvalue weighted by atomic mass is 10.2. The molecule has 1 aliphatic heterocycles. The van der Waals surface area contributed by atoms with Crippen LogP contribution in [0, 0.1) is 12.7 Å². The lowest BCUT2D eigenvalue weighted by molar-refractivity contribution is -0.117. The monoisotopic (exact) mass is 265 g/mol. The van der Waals surface area contributed by atoms with Crippen molar-refractivity contribution in [3.8, 4) is 0 Å². The summed E-state index contributed by atoms with van der Waals surface area (Å²) in [5.74, 6) is -0.421. The average Bonchev–Trinajstić information content (AvgIpc) is 2.62. The number of hydrogen-bond donors (Lipinski definition) is 2. The van der Waals surface area contributed by atoms with E-state index >= 15 is 0 Å². The van der Waals surface area contributed by atoms with E-state index in [1.807, 2.05) is 6.92 Å². The maximum atomic E-state index is 13.1. The van der Waals surface area contributed by atoms with E-state index < -0.39 is 0 Å². The predicted octanol–water partition coefficient (Wildman–Crippen LogP) is 1.37. The molecule has 19 heavy (non-hydrogen) atoms. The van der Waals surface area contributed by atoms with Crippen LogP contribution >= 0.6 is 0 Å². The van der Waals surface area contributed by atoms with Gasteiger partial charge in [0.1, 0.15) is 5.82 Å². The highest BCUT2D eigenvalue weighted by Crippen LogP contribution is 2.15. The zero-order chi connectivity index (χ0) is 13.7. The molecule has 0 bridgehead atoms. The molecule has 0 aromatic heterocycles. The fraction of sp³-hybridized carbons (Fsp3) is 0.500. The molecule has 1 aromatic carbocycles. The van der Waals surface area contributed by atoms with Crippen LogP contribution in [0.4, 0.5) is 10.1 Å². The summed E-state index contributed by atoms with van der Waals surface area (Å²) in [5, 5.41) is 6.07. The molecule has 2 N–H and O–H groups in total. The van der Waals surface area contributed by atoms with Gasteiger partial charge in [-0.05, 0) is 44.1 Å². The summed E-state index contributed by atoms with van der Waals surface area (Å²) >= 11 is 0. The van der Waals surface area contributed by atoms with E-state index in [0.717, 1.165) is 38.2 Å². The molecule has 0 radical (unpaired) electrons. The van der Waals surface area contributed by atoms with Gasteiger partial charge in [0.2, 0.25) is 5.91 Å². The van der Waals surface area contributed by atoms with Gasteiger partial charge in [-0.3, -0.25) is 9.69 Å². The normalized spacial score (nSPS) is 16.9. The molecule has 4 nitrogen and oxygen atoms in total. The predicted molar refractivity (Wildman–Crippen MR) is 73.7 cm³/mol. The summed E-state index contributed by atoms with van der Waals surface area (Å²) in [6.45, 7) is 5.91. The highest BCUT2D eigenvalue weighted by molar-refractivity contribution is 5.92. The molecule has 1 aliphatic rings. The number of aryl methyl sites for hydroxylation is 1. The fourth-order valence-electron chi connectivity index (χ4n) is 2.18. The second-order valence-corrected chi connectivity index (χ2v) is 4.89. The number of hydrogen-bond acceptors (Lipinski definition) is 3. The van der Waals surface area contributed by atoms with E-state index in [4.69, 9.17) is 0 Å². The molecule has 0 unspecified atom stereocenters. The number of amides is 1. The topological polar surface area (TPSA) is 44.4 Å². The van der Waals surface area contributed by atoms with Crippen LogP contribution in [0.15, 0.2) is 18.2 Å². The van der Waals surface area contributed by atoms with Gasteiger partial charge in [0.05, 0.1) is 6.54 Å². The highest BCUT2D eigenvalue weighted by atomic mass is 19.1. The Balaban J connectivity index is 1.91. The zero-order valence-corrected chi connectivity index (χ0v) is 11.2. The van der Waals surface area contributed by atoms with Gasteiger partial charge >= 0.3 is 0 Å². The first kappa shape index (κ1) is 14.0. The molecule has 1 heterocycles. The average molecular weight is 265 g/mol. The third kappa shape index (κ3) is 4.29. The van der Waals surface area contributed by atoms with Gasteiger partial charge < -0.3 is 10.6 Å². The van der Waals surface area contributed by atoms with Crippen LogP contribution in [-0.4, -0.2) is 43.5 Å². The Labute approximate surface area is 113 Å². The van der Waals surface area contributed by atoms with E-state index in [2.05, 4.69) is 15.5 Å². The fourth-order valence-corrected chi connectivity index (χ4v) is 2.18. The Hall–Kier alpha value is -1.46. The van der Waals surface area contributed by atoms with Crippen molar-refractivity contribution < 1.29 is 9.18 Å². The standard InChI is InChI=1S/C14H20FN3O/c1-11-3-4-12(15)9-13(11)17-14(19)10-18-7-2-5-16-6-8-18/h3-4,9,16H,2,5-8,10H2,1H3,(H,17,19). The molecular weight excluding hydrogens is 245 g/mol. The second kappa shape index (κ2) is 6.63. The Morgan fingerprint density at radius 1 is 1.42 bits per heavy atom. The third-order valence-corrected chi connectivity index (χ3v) is 3.27. The van der Waals surface area contributed by atoms with Gasteiger partial charge in [-0.25, -0.2) is 4.39 Å². The third-order valence-electron chi connectivity index (χ3n) is 3.27. The van der Waals surface area contributed by atoms with Crippen LogP contribution in [-0.2, 0) is 4.79 Å². The molecule has 1 saturated heterocycles. The van der Waals surface area contributed by atoms with Crippen molar-refractivity contribution in [3.63, 3.8) is 0 Å². The van der Waals surface area contributed by atoms with Crippen molar-refractivity contribution in [2.45, 2.75) is 13.3 Å². The van der Waals surface area contributed by atoms with Crippen LogP contribution in [0.25, 0.3) is 0 Å². The van der Waals surface area contributed by atoms with Gasteiger partial charge in [-0.2, -0.15) is 0 Å². The highest BCUT2D eigenvalue weighted by Gasteiger charge is 2.13. The molecule has 0 aliphatic carbocycles. The molecule has 0 spiro atoms. The maximum Gasteiger partial charge on any atom is 0.238 e. The summed E-state index contributed by atoms with van der Waals surface area (Å²) in [5.41, 5.74) is 1.42. The van der Waals surface area contributed by atoms with E-state index in [9.17, 15) is 9.18 Å². The minimum Gasteiger partial charge on any atom is -0.325 e. The number of halogens is 1. The number of carbonyl (C=O) groups is 1. The zero-order valence-electron chi connectivity index (χ0n) is 11.2. The molecule has 2 rings (SSSR count). The SMILES string of the molecule is Cc1ccc(F)cc1NC(=O)CN1CCCNCC1. The number of rotatable bonds is 3. The van der Waals surface area contributed by atoms with Crippen molar-refractivity contribution in [1.82, 2.24) is 10.2 Å². The van der Waals surface area contributed by atoms with Crippen LogP contribution < -0.4 is 10.6 Å². The maximum absolute atomic E-state index is 13.1. The van der Waals surface area contributed by atoms with Crippen LogP contribution in [0.2, 0.25) is 0 Å². The van der Waals surface area contributed by atoms with E-state index in [1.165, 1.54) is 12.1 Å². The Kier molecular flexibility index (Phi) is 4.87. The number of nitrogens with zero attached hydrogens (tertiary/aromatic N) is 1. The van der Waals surface area contributed by atoms with Crippen LogP contribution in [0.1, 0.15) is 12.0 Å². The van der Waals surface area contributed by atoms with E-state index in [1.54, 1.807) is 6.07 Å². The summed E-state index contributed by atoms with van der Waals surface area (Å²) in [6.07, 6.45) is 1.05. The van der Waals surface area contributed by atoms with E-state index in [-0.39, 0.29) is 11.7 Å². The van der Waals surface area contributed by atoms with Gasteiger partial charge in [-0.15, -0.1) is 0 Å². The number of nitrogens with one attached hydrogen (secondary N) is 2. The molecule has 1 aromatic rings. The van der Waals surface area contributed by atoms with Gasteiger partial charge in [-0.1, -0.05) is 6.07 Å². The first-order chi connectivity index (χ1) is 9.15. The Bertz CT molecular complexity index is 442. The number of anilines is 1. The van der Waals surface area contributed by atoms with Crippen molar-refractivity contribution in [2.75, 3.05) is 38.0 Å². The van der Waals surface area contributed by atoms with Crippen molar-refractivity contribution in [2.24, 2.45) is 0 Å². The summed E-state index contributed by atoms with van der Waals surface area (Å²) in [6, 6.07) is 4.42. The van der Waals surface area contributed by atoms with E-state index in [0.29, 0.717) is 12.2 Å². The largest absolute Gasteiger partial charge is 0.325 e. The molecule has 1 fully saturated rings. The molecule has 0 saturated carbocycles. The first-order valence-electron chi connectivity index (χ1n) is 6.64. The van der Waals surface area contributed by atoms with Crippen molar-refractivity contribution >= 4 is 11.6 Å². The summed E-state index contributed by atoms with van der Waals surface area (Å²) in [4.78, 5) is 14.1. The summed E-state index contributed by atoms with van der Waals surface area (Å²) in [7, 11) is 0. The number of benzene rings is 1. The lowest BCUT2D eigenvalue weighted by Gasteiger charge is -2.19. The van der Waals surface area contributed by atoms with Crippen molar-refractivity contribution in [1.29, 1.82) is 0 Å². The van der Waals surface area contributed by atoms with Gasteiger partial charge in [0, 0.05) is 18.8 Å². The van der Waals surface area contributed by atoms with Crippen LogP contribution in [0.3, 0.4) is 0 Å². The van der Waals surface area contributed by atoms with Gasteiger partial charge in [0.15, 0.2) is 0 Å². The molecule has 1 amide bonds. The second-order valence-electron chi connectivity index (χ2n) is 4.89. The minimum absolute atomic E-state index is 0.0874. The number of carbonyl (C=O) groups excluding carboxylic acids is 1. The molecular formula is C14H20FN3O. The molecule has 5 heteroatoms. The summed E-state index contributed by atoms with van der Waals surface area (Å²) < 4.78 is 13.1. The lowest BCUT2D eigenvalue weighted by Crippen LogP contribution is -2.35. The van der Waals surface area contributed by atoms with Crippen molar-refractivity contribution in [3.05, 3.63) is 29.6 Å².